The molecule has 1 heterocycles. The molecule has 0 aliphatic rings. The van der Waals surface area contributed by atoms with Crippen molar-refractivity contribution >= 4 is 17.7 Å². The van der Waals surface area contributed by atoms with E-state index in [0.29, 0.717) is 18.8 Å². The first-order chi connectivity index (χ1) is 12.7. The summed E-state index contributed by atoms with van der Waals surface area (Å²) >= 11 is 0. The summed E-state index contributed by atoms with van der Waals surface area (Å²) in [5.74, 6) is 1.20. The van der Waals surface area contributed by atoms with Gasteiger partial charge in [0.1, 0.15) is 5.82 Å². The molecule has 0 aliphatic carbocycles. The smallest absolute Gasteiger partial charge is 0.227 e. The van der Waals surface area contributed by atoms with E-state index < -0.39 is 0 Å². The molecule has 138 valence electrons. The van der Waals surface area contributed by atoms with Crippen molar-refractivity contribution in [3.05, 3.63) is 59.8 Å². The third-order valence-corrected chi connectivity index (χ3v) is 3.68. The zero-order chi connectivity index (χ0) is 18.6. The number of rotatable bonds is 8. The zero-order valence-electron chi connectivity index (χ0n) is 15.5. The number of carbonyl (C=O) groups excluding carboxylic acids is 1. The highest BCUT2D eigenvalue weighted by molar-refractivity contribution is 5.90. The average molecular weight is 353 g/mol. The van der Waals surface area contributed by atoms with Crippen LogP contribution < -0.4 is 16.0 Å². The van der Waals surface area contributed by atoms with Crippen molar-refractivity contribution in [3.8, 4) is 0 Å². The molecule has 6 heteroatoms. The molecule has 0 radical (unpaired) electrons. The van der Waals surface area contributed by atoms with Gasteiger partial charge in [0, 0.05) is 25.7 Å². The van der Waals surface area contributed by atoms with Crippen molar-refractivity contribution in [1.82, 2.24) is 15.6 Å². The number of nitrogens with zero attached hydrogens (tertiary/aromatic N) is 2. The first-order valence-corrected chi connectivity index (χ1v) is 8.96. The van der Waals surface area contributed by atoms with E-state index in [1.54, 1.807) is 12.3 Å². The van der Waals surface area contributed by atoms with Gasteiger partial charge in [0.2, 0.25) is 5.91 Å². The molecule has 0 unspecified atom stereocenters. The lowest BCUT2D eigenvalue weighted by Gasteiger charge is -2.11. The molecule has 1 aromatic heterocycles. The summed E-state index contributed by atoms with van der Waals surface area (Å²) in [6.45, 7) is 5.95. The van der Waals surface area contributed by atoms with Gasteiger partial charge in [-0.1, -0.05) is 36.4 Å². The number of pyridine rings is 1. The zero-order valence-corrected chi connectivity index (χ0v) is 15.5. The van der Waals surface area contributed by atoms with E-state index in [-0.39, 0.29) is 5.91 Å². The fourth-order valence-electron chi connectivity index (χ4n) is 2.33. The number of carbonyl (C=O) groups is 1. The highest BCUT2D eigenvalue weighted by Gasteiger charge is 2.03. The number of nitrogens with one attached hydrogen (secondary N) is 3. The highest BCUT2D eigenvalue weighted by atomic mass is 16.1. The number of hydrogen-bond donors (Lipinski definition) is 3. The van der Waals surface area contributed by atoms with Crippen LogP contribution in [-0.4, -0.2) is 36.5 Å². The van der Waals surface area contributed by atoms with Gasteiger partial charge in [0.05, 0.1) is 6.54 Å². The van der Waals surface area contributed by atoms with Crippen LogP contribution >= 0.6 is 0 Å². The number of amides is 1. The average Bonchev–Trinajstić information content (AvgIpc) is 2.64. The van der Waals surface area contributed by atoms with Gasteiger partial charge in [-0.15, -0.1) is 0 Å². The molecule has 1 aromatic carbocycles. The third-order valence-electron chi connectivity index (χ3n) is 3.68. The van der Waals surface area contributed by atoms with Crippen LogP contribution in [0.4, 0.5) is 5.82 Å². The second kappa shape index (κ2) is 10.9. The summed E-state index contributed by atoms with van der Waals surface area (Å²) in [7, 11) is 0. The first-order valence-electron chi connectivity index (χ1n) is 8.96. The van der Waals surface area contributed by atoms with E-state index in [1.807, 2.05) is 38.1 Å². The van der Waals surface area contributed by atoms with Crippen molar-refractivity contribution in [3.63, 3.8) is 0 Å². The minimum Gasteiger partial charge on any atom is -0.357 e. The van der Waals surface area contributed by atoms with E-state index in [2.05, 4.69) is 38.1 Å². The Morgan fingerprint density at radius 2 is 1.92 bits per heavy atom. The first kappa shape index (κ1) is 19.4. The van der Waals surface area contributed by atoms with Crippen molar-refractivity contribution in [1.29, 1.82) is 0 Å². The monoisotopic (exact) mass is 353 g/mol. The standard InChI is InChI=1S/C20H27N5O/c1-3-21-20(22-13-11-17-7-5-4-6-8-17)23-14-12-19(26)25-18-10-9-16(2)15-24-18/h4-10,15H,3,11-14H2,1-2H3,(H2,21,22,23)(H,24,25,26). The Labute approximate surface area is 155 Å². The predicted octanol–water partition coefficient (Wildman–Crippen LogP) is 2.52. The number of anilines is 1. The number of aliphatic imine (C=N–C) groups is 1. The minimum atomic E-state index is -0.0924. The molecule has 0 saturated heterocycles. The number of aryl methyl sites for hydroxylation is 1. The van der Waals surface area contributed by atoms with Crippen LogP contribution in [0.3, 0.4) is 0 Å². The molecule has 0 fully saturated rings. The second-order valence-electron chi connectivity index (χ2n) is 5.94. The minimum absolute atomic E-state index is 0.0924. The van der Waals surface area contributed by atoms with Gasteiger partial charge in [0.15, 0.2) is 5.96 Å². The fraction of sp³-hybridized carbons (Fsp3) is 0.350. The summed E-state index contributed by atoms with van der Waals surface area (Å²) in [6.07, 6.45) is 2.96. The topological polar surface area (TPSA) is 78.4 Å². The molecule has 1 amide bonds. The number of guanidine groups is 1. The molecule has 0 bridgehead atoms. The van der Waals surface area contributed by atoms with Gasteiger partial charge < -0.3 is 16.0 Å². The van der Waals surface area contributed by atoms with Crippen LogP contribution in [0.25, 0.3) is 0 Å². The quantitative estimate of drug-likeness (QED) is 0.503. The molecule has 26 heavy (non-hydrogen) atoms. The van der Waals surface area contributed by atoms with Crippen LogP contribution in [-0.2, 0) is 11.2 Å². The Morgan fingerprint density at radius 1 is 1.12 bits per heavy atom. The lowest BCUT2D eigenvalue weighted by Crippen LogP contribution is -2.38. The van der Waals surface area contributed by atoms with Crippen molar-refractivity contribution in [2.75, 3.05) is 25.0 Å². The summed E-state index contributed by atoms with van der Waals surface area (Å²) in [4.78, 5) is 20.6. The predicted molar refractivity (Wildman–Crippen MR) is 106 cm³/mol. The van der Waals surface area contributed by atoms with E-state index in [9.17, 15) is 4.79 Å². The number of aromatic nitrogens is 1. The maximum atomic E-state index is 12.0. The molecule has 2 rings (SSSR count). The lowest BCUT2D eigenvalue weighted by molar-refractivity contribution is -0.116. The van der Waals surface area contributed by atoms with E-state index in [1.165, 1.54) is 5.56 Å². The van der Waals surface area contributed by atoms with Crippen molar-refractivity contribution in [2.24, 2.45) is 4.99 Å². The van der Waals surface area contributed by atoms with E-state index >= 15 is 0 Å². The van der Waals surface area contributed by atoms with Crippen LogP contribution in [0.15, 0.2) is 53.7 Å². The molecule has 6 nitrogen and oxygen atoms in total. The molecule has 0 saturated carbocycles. The molecular weight excluding hydrogens is 326 g/mol. The van der Waals surface area contributed by atoms with Crippen molar-refractivity contribution < 1.29 is 4.79 Å². The van der Waals surface area contributed by atoms with E-state index in [4.69, 9.17) is 0 Å². The Bertz CT molecular complexity index is 698. The van der Waals surface area contributed by atoms with Crippen molar-refractivity contribution in [2.45, 2.75) is 26.7 Å². The van der Waals surface area contributed by atoms with Crippen LogP contribution in [0.1, 0.15) is 24.5 Å². The van der Waals surface area contributed by atoms with Gasteiger partial charge in [-0.25, -0.2) is 4.98 Å². The molecule has 0 spiro atoms. The maximum absolute atomic E-state index is 12.0. The van der Waals surface area contributed by atoms with Crippen LogP contribution in [0.2, 0.25) is 0 Å². The Morgan fingerprint density at radius 3 is 2.62 bits per heavy atom. The normalized spacial score (nSPS) is 11.1. The second-order valence-corrected chi connectivity index (χ2v) is 5.94. The molecule has 3 N–H and O–H groups in total. The van der Waals surface area contributed by atoms with Gasteiger partial charge in [0.25, 0.3) is 0 Å². The summed E-state index contributed by atoms with van der Waals surface area (Å²) in [5.41, 5.74) is 2.34. The molecule has 2 aromatic rings. The van der Waals surface area contributed by atoms with Crippen LogP contribution in [0, 0.1) is 6.92 Å². The summed E-state index contributed by atoms with van der Waals surface area (Å²) in [5, 5.41) is 9.27. The molecule has 0 aliphatic heterocycles. The maximum Gasteiger partial charge on any atom is 0.227 e. The third kappa shape index (κ3) is 7.34. The number of hydrogen-bond acceptors (Lipinski definition) is 3. The highest BCUT2D eigenvalue weighted by Crippen LogP contribution is 2.04. The Hall–Kier alpha value is -2.89. The molecular formula is C20H27N5O. The SMILES string of the molecule is CCNC(=NCCC(=O)Nc1ccc(C)cn1)NCCc1ccccc1. The fourth-order valence-corrected chi connectivity index (χ4v) is 2.33. The van der Waals surface area contributed by atoms with Gasteiger partial charge in [-0.05, 0) is 37.5 Å². The van der Waals surface area contributed by atoms with Gasteiger partial charge >= 0.3 is 0 Å². The van der Waals surface area contributed by atoms with Gasteiger partial charge in [-0.2, -0.15) is 0 Å². The molecule has 0 atom stereocenters. The summed E-state index contributed by atoms with van der Waals surface area (Å²) in [6, 6.07) is 14.0. The largest absolute Gasteiger partial charge is 0.357 e. The van der Waals surface area contributed by atoms with Gasteiger partial charge in [-0.3, -0.25) is 9.79 Å². The Kier molecular flexibility index (Phi) is 8.12. The lowest BCUT2D eigenvalue weighted by atomic mass is 10.1. The van der Waals surface area contributed by atoms with E-state index in [0.717, 1.165) is 31.0 Å². The van der Waals surface area contributed by atoms with Crippen LogP contribution in [0.5, 0.6) is 0 Å². The summed E-state index contributed by atoms with van der Waals surface area (Å²) < 4.78 is 0. The Balaban J connectivity index is 1.74. The number of benzene rings is 1.